The number of hydrogen-bond acceptors (Lipinski definition) is 14. The van der Waals surface area contributed by atoms with Crippen LogP contribution in [0.5, 0.6) is 17.2 Å². The van der Waals surface area contributed by atoms with Crippen LogP contribution in [0.1, 0.15) is 102 Å². The third-order valence-electron chi connectivity index (χ3n) is 10.6. The predicted octanol–water partition coefficient (Wildman–Crippen LogP) is 1.87. The summed E-state index contributed by atoms with van der Waals surface area (Å²) in [5.74, 6) is -3.71. The second-order valence-electron chi connectivity index (χ2n) is 14.9. The molecular weight excluding hydrogens is 664 g/mol. The third-order valence-corrected chi connectivity index (χ3v) is 10.6. The van der Waals surface area contributed by atoms with Gasteiger partial charge in [0.05, 0.1) is 48.7 Å². The molecule has 5 unspecified atom stereocenters. The first-order valence-corrected chi connectivity index (χ1v) is 17.5. The summed E-state index contributed by atoms with van der Waals surface area (Å²) in [6.07, 6.45) is -3.31. The lowest BCUT2D eigenvalue weighted by Crippen LogP contribution is -2.55. The number of benzene rings is 2. The molecule has 6 rings (SSSR count). The quantitative estimate of drug-likeness (QED) is 0.131. The van der Waals surface area contributed by atoms with E-state index in [1.807, 2.05) is 0 Å². The van der Waals surface area contributed by atoms with Crippen LogP contribution in [0.4, 0.5) is 0 Å². The molecule has 0 radical (unpaired) electrons. The molecule has 0 spiro atoms. The Balaban J connectivity index is 1.28. The molecule has 0 saturated carbocycles. The number of rotatable bonds is 10. The normalized spacial score (nSPS) is 29.4. The molecule has 14 heteroatoms. The molecule has 14 nitrogen and oxygen atoms in total. The Morgan fingerprint density at radius 1 is 1.12 bits per heavy atom. The lowest BCUT2D eigenvalue weighted by atomic mass is 9.72. The van der Waals surface area contributed by atoms with Crippen LogP contribution in [0.15, 0.2) is 18.2 Å². The summed E-state index contributed by atoms with van der Waals surface area (Å²) in [5, 5.41) is 59.1. The van der Waals surface area contributed by atoms with Crippen LogP contribution in [-0.4, -0.2) is 123 Å². The molecule has 2 aromatic rings. The van der Waals surface area contributed by atoms with Crippen molar-refractivity contribution in [2.45, 2.75) is 108 Å². The largest absolute Gasteiger partial charge is 0.507 e. The Bertz CT molecular complexity index is 1710. The molecule has 0 amide bonds. The van der Waals surface area contributed by atoms with Gasteiger partial charge in [0.1, 0.15) is 35.7 Å². The van der Waals surface area contributed by atoms with Gasteiger partial charge in [-0.1, -0.05) is 12.1 Å². The standard InChI is InChI=1S/C37H48N2O12/c1-18-31(42)21(38-11-7-10-25-39(12-13-49-25)36(2,3)4)14-26(50-18)51-23-16-37(47,24(41)17-40)15-20-28(23)35(46)30-29(33(20)44)32(43)19-8-6-9-22(48-5)27(19)34(30)45/h6,8-9,18,21,23,25-26,31,38,40,42,44,46-47H,7,10-17H2,1-5H3/t18?,21?,23-,25?,26?,31?,37-/m0/s1. The molecule has 2 fully saturated rings. The molecule has 278 valence electrons. The van der Waals surface area contributed by atoms with Crippen molar-refractivity contribution < 1.29 is 58.9 Å². The number of fused-ring (bicyclic) bond motifs is 3. The Labute approximate surface area is 296 Å². The van der Waals surface area contributed by atoms with Gasteiger partial charge in [-0.15, -0.1) is 0 Å². The van der Waals surface area contributed by atoms with E-state index < -0.39 is 95.7 Å². The van der Waals surface area contributed by atoms with Crippen LogP contribution >= 0.6 is 0 Å². The minimum absolute atomic E-state index is 0.000233. The van der Waals surface area contributed by atoms with E-state index in [4.69, 9.17) is 18.9 Å². The predicted molar refractivity (Wildman–Crippen MR) is 181 cm³/mol. The Hall–Kier alpha value is -3.47. The van der Waals surface area contributed by atoms with Crippen molar-refractivity contribution in [3.05, 3.63) is 51.6 Å². The highest BCUT2D eigenvalue weighted by Crippen LogP contribution is 2.52. The maximum atomic E-state index is 13.9. The van der Waals surface area contributed by atoms with Crippen molar-refractivity contribution in [1.29, 1.82) is 0 Å². The van der Waals surface area contributed by atoms with Crippen LogP contribution in [-0.2, 0) is 25.4 Å². The van der Waals surface area contributed by atoms with Gasteiger partial charge in [0.15, 0.2) is 17.9 Å². The van der Waals surface area contributed by atoms with Gasteiger partial charge >= 0.3 is 0 Å². The lowest BCUT2D eigenvalue weighted by molar-refractivity contribution is -0.249. The number of methoxy groups -OCH3 is 1. The summed E-state index contributed by atoms with van der Waals surface area (Å²) in [7, 11) is 1.34. The average molecular weight is 713 g/mol. The van der Waals surface area contributed by atoms with E-state index in [2.05, 4.69) is 31.0 Å². The number of phenolic OH excluding ortho intramolecular Hbond substituents is 2. The topological polar surface area (TPSA) is 205 Å². The van der Waals surface area contributed by atoms with Crippen LogP contribution in [0.3, 0.4) is 0 Å². The Morgan fingerprint density at radius 3 is 2.53 bits per heavy atom. The number of carbonyl (C=O) groups excluding carboxylic acids is 3. The fourth-order valence-electron chi connectivity index (χ4n) is 8.01. The fourth-order valence-corrected chi connectivity index (χ4v) is 8.01. The van der Waals surface area contributed by atoms with Gasteiger partial charge in [-0.25, -0.2) is 0 Å². The number of Topliss-reactive ketones (excluding diaryl/α,β-unsaturated/α-hetero) is 1. The number of nitrogens with one attached hydrogen (secondary N) is 1. The zero-order valence-electron chi connectivity index (χ0n) is 29.6. The van der Waals surface area contributed by atoms with Gasteiger partial charge in [0.25, 0.3) is 0 Å². The minimum Gasteiger partial charge on any atom is -0.507 e. The zero-order chi connectivity index (χ0) is 37.0. The third kappa shape index (κ3) is 6.68. The van der Waals surface area contributed by atoms with E-state index in [1.54, 1.807) is 6.92 Å². The first kappa shape index (κ1) is 37.3. The minimum atomic E-state index is -2.26. The molecule has 6 N–H and O–H groups in total. The number of ether oxygens (including phenoxy) is 4. The number of aliphatic hydroxyl groups is 3. The van der Waals surface area contributed by atoms with E-state index in [0.29, 0.717) is 13.2 Å². The maximum absolute atomic E-state index is 13.9. The number of carbonyl (C=O) groups is 3. The Morgan fingerprint density at radius 2 is 1.84 bits per heavy atom. The van der Waals surface area contributed by atoms with Crippen LogP contribution in [0, 0.1) is 0 Å². The summed E-state index contributed by atoms with van der Waals surface area (Å²) in [4.78, 5) is 42.9. The summed E-state index contributed by atoms with van der Waals surface area (Å²) >= 11 is 0. The molecule has 0 aromatic heterocycles. The summed E-state index contributed by atoms with van der Waals surface area (Å²) in [6, 6.07) is 3.94. The molecule has 7 atom stereocenters. The number of hydrogen-bond donors (Lipinski definition) is 6. The first-order chi connectivity index (χ1) is 24.1. The smallest absolute Gasteiger partial charge is 0.202 e. The van der Waals surface area contributed by atoms with Crippen molar-refractivity contribution in [2.24, 2.45) is 0 Å². The first-order valence-electron chi connectivity index (χ1n) is 17.5. The van der Waals surface area contributed by atoms with E-state index in [-0.39, 0.29) is 46.2 Å². The molecule has 4 aliphatic rings. The van der Waals surface area contributed by atoms with Gasteiger partial charge < -0.3 is 49.8 Å². The van der Waals surface area contributed by atoms with E-state index in [0.717, 1.165) is 19.4 Å². The number of nitrogens with zero attached hydrogens (tertiary/aromatic N) is 1. The number of aliphatic hydroxyl groups excluding tert-OH is 2. The van der Waals surface area contributed by atoms with Crippen LogP contribution in [0.2, 0.25) is 0 Å². The van der Waals surface area contributed by atoms with Gasteiger partial charge in [0.2, 0.25) is 5.78 Å². The zero-order valence-corrected chi connectivity index (χ0v) is 29.6. The number of phenols is 2. The average Bonchev–Trinajstić information content (AvgIpc) is 3.58. The highest BCUT2D eigenvalue weighted by molar-refractivity contribution is 6.31. The molecule has 2 heterocycles. The summed E-state index contributed by atoms with van der Waals surface area (Å²) in [5.41, 5.74) is -3.59. The van der Waals surface area contributed by atoms with Crippen LogP contribution < -0.4 is 10.1 Å². The Kier molecular flexibility index (Phi) is 10.4. The van der Waals surface area contributed by atoms with E-state index >= 15 is 0 Å². The highest BCUT2D eigenvalue weighted by Gasteiger charge is 2.50. The van der Waals surface area contributed by atoms with E-state index in [1.165, 1.54) is 25.3 Å². The number of ketones is 3. The number of aromatic hydroxyl groups is 2. The monoisotopic (exact) mass is 712 g/mol. The van der Waals surface area contributed by atoms with Crippen molar-refractivity contribution in [3.63, 3.8) is 0 Å². The second kappa shape index (κ2) is 14.2. The van der Waals surface area contributed by atoms with Crippen LogP contribution in [0.25, 0.3) is 0 Å². The molecule has 2 saturated heterocycles. The molecule has 2 aliphatic carbocycles. The maximum Gasteiger partial charge on any atom is 0.202 e. The molecule has 2 aromatic carbocycles. The van der Waals surface area contributed by atoms with Gasteiger partial charge in [-0.05, 0) is 53.1 Å². The van der Waals surface area contributed by atoms with Gasteiger partial charge in [-0.2, -0.15) is 0 Å². The highest BCUT2D eigenvalue weighted by atomic mass is 16.7. The summed E-state index contributed by atoms with van der Waals surface area (Å²) in [6.45, 7) is 9.23. The van der Waals surface area contributed by atoms with E-state index in [9.17, 15) is 39.9 Å². The fraction of sp³-hybridized carbons (Fsp3) is 0.595. The lowest BCUT2D eigenvalue weighted by Gasteiger charge is -2.43. The van der Waals surface area contributed by atoms with Gasteiger partial charge in [-0.3, -0.25) is 19.3 Å². The molecule has 2 aliphatic heterocycles. The molecule has 0 bridgehead atoms. The van der Waals surface area contributed by atoms with Crippen molar-refractivity contribution in [2.75, 3.05) is 33.4 Å². The van der Waals surface area contributed by atoms with Gasteiger partial charge in [0, 0.05) is 54.1 Å². The summed E-state index contributed by atoms with van der Waals surface area (Å²) < 4.78 is 23.6. The van der Waals surface area contributed by atoms with Crippen molar-refractivity contribution in [3.8, 4) is 17.2 Å². The second-order valence-corrected chi connectivity index (χ2v) is 14.9. The van der Waals surface area contributed by atoms with Crippen molar-refractivity contribution in [1.82, 2.24) is 10.2 Å². The molecular formula is C37H48N2O12. The van der Waals surface area contributed by atoms with Crippen molar-refractivity contribution >= 4 is 17.3 Å². The molecule has 51 heavy (non-hydrogen) atoms. The SMILES string of the molecule is COc1cccc2c1C(=O)c1c(O)c3c(c(O)c1C2=O)C[C@@](O)(C(=O)CO)C[C@@H]3OC1CC(NCCCC2OCCN2C(C)(C)C)C(O)C(C)O1.